The summed E-state index contributed by atoms with van der Waals surface area (Å²) in [6.45, 7) is 16.5. The van der Waals surface area contributed by atoms with Crippen LogP contribution in [-0.2, 0) is 19.8 Å². The lowest BCUT2D eigenvalue weighted by Crippen LogP contribution is -2.38. The standard InChI is InChI=1S/C31H40N2O6/c1-8-32(9-2)17-18-33-27(21-11-14-23(15-12-21)39-20(4)34)26(29(36)30(33)37)28(35)22-13-16-25(38-10-3)24(19-22)31(5,6)7/h11-16,19,27,35H,8-10,17-18H2,1-7H3/b28-26-. The van der Waals surface area contributed by atoms with E-state index < -0.39 is 23.7 Å². The van der Waals surface area contributed by atoms with Gasteiger partial charge >= 0.3 is 5.97 Å². The van der Waals surface area contributed by atoms with Gasteiger partial charge in [-0.15, -0.1) is 0 Å². The molecule has 8 heteroatoms. The van der Waals surface area contributed by atoms with Gasteiger partial charge in [0.2, 0.25) is 0 Å². The quantitative estimate of drug-likeness (QED) is 0.149. The van der Waals surface area contributed by atoms with Crippen LogP contribution in [0.15, 0.2) is 48.0 Å². The van der Waals surface area contributed by atoms with Crippen LogP contribution in [0.1, 0.15) is 71.2 Å². The predicted molar refractivity (Wildman–Crippen MR) is 151 cm³/mol. The Kier molecular flexibility index (Phi) is 9.56. The number of aliphatic hydroxyl groups excluding tert-OH is 1. The zero-order chi connectivity index (χ0) is 28.9. The van der Waals surface area contributed by atoms with Crippen LogP contribution in [-0.4, -0.2) is 65.4 Å². The first-order valence-electron chi connectivity index (χ1n) is 13.5. The first-order valence-corrected chi connectivity index (χ1v) is 13.5. The smallest absolute Gasteiger partial charge is 0.308 e. The largest absolute Gasteiger partial charge is 0.507 e. The minimum atomic E-state index is -0.795. The van der Waals surface area contributed by atoms with Gasteiger partial charge in [-0.1, -0.05) is 46.8 Å². The summed E-state index contributed by atoms with van der Waals surface area (Å²) in [6, 6.07) is 11.2. The molecule has 1 heterocycles. The molecule has 1 saturated heterocycles. The van der Waals surface area contributed by atoms with Gasteiger partial charge in [-0.25, -0.2) is 0 Å². The van der Waals surface area contributed by atoms with E-state index in [2.05, 4.69) is 4.90 Å². The number of hydrogen-bond donors (Lipinski definition) is 1. The first kappa shape index (κ1) is 29.9. The Bertz CT molecular complexity index is 1240. The van der Waals surface area contributed by atoms with Crippen molar-refractivity contribution in [1.29, 1.82) is 0 Å². The molecule has 0 bridgehead atoms. The van der Waals surface area contributed by atoms with Crippen molar-refractivity contribution in [2.24, 2.45) is 0 Å². The van der Waals surface area contributed by atoms with Crippen LogP contribution in [0.2, 0.25) is 0 Å². The molecule has 0 aliphatic carbocycles. The molecular weight excluding hydrogens is 496 g/mol. The number of ketones is 1. The van der Waals surface area contributed by atoms with Crippen LogP contribution in [0.4, 0.5) is 0 Å². The molecule has 1 aliphatic rings. The number of carbonyl (C=O) groups excluding carboxylic acids is 3. The molecule has 1 fully saturated rings. The van der Waals surface area contributed by atoms with Crippen LogP contribution in [0.25, 0.3) is 5.76 Å². The van der Waals surface area contributed by atoms with Gasteiger partial charge in [0.1, 0.15) is 17.3 Å². The average molecular weight is 537 g/mol. The van der Waals surface area contributed by atoms with Gasteiger partial charge in [-0.3, -0.25) is 14.4 Å². The average Bonchev–Trinajstić information content (AvgIpc) is 3.14. The molecule has 39 heavy (non-hydrogen) atoms. The van der Waals surface area contributed by atoms with E-state index >= 15 is 0 Å². The highest BCUT2D eigenvalue weighted by Gasteiger charge is 2.46. The molecule has 0 aromatic heterocycles. The van der Waals surface area contributed by atoms with Gasteiger partial charge < -0.3 is 24.4 Å². The van der Waals surface area contributed by atoms with Gasteiger partial charge in [0.25, 0.3) is 11.7 Å². The highest BCUT2D eigenvalue weighted by atomic mass is 16.5. The lowest BCUT2D eigenvalue weighted by atomic mass is 9.84. The number of carbonyl (C=O) groups is 3. The Morgan fingerprint density at radius 3 is 2.21 bits per heavy atom. The minimum absolute atomic E-state index is 0.0313. The number of likely N-dealkylation sites (tertiary alicyclic amines) is 1. The molecule has 3 rings (SSSR count). The third kappa shape index (κ3) is 6.68. The summed E-state index contributed by atoms with van der Waals surface area (Å²) in [5.74, 6) is -1.00. The molecule has 0 spiro atoms. The second kappa shape index (κ2) is 12.5. The maximum Gasteiger partial charge on any atom is 0.308 e. The fourth-order valence-corrected chi connectivity index (χ4v) is 4.83. The Labute approximate surface area is 231 Å². The van der Waals surface area contributed by atoms with E-state index in [1.165, 1.54) is 11.8 Å². The SMILES string of the molecule is CCOc1ccc(/C(O)=C2/C(=O)C(=O)N(CCN(CC)CC)C2c2ccc(OC(C)=O)cc2)cc1C(C)(C)C. The van der Waals surface area contributed by atoms with Crippen molar-refractivity contribution >= 4 is 23.4 Å². The van der Waals surface area contributed by atoms with Crippen molar-refractivity contribution in [2.75, 3.05) is 32.8 Å². The Hall–Kier alpha value is -3.65. The molecule has 0 radical (unpaired) electrons. The lowest BCUT2D eigenvalue weighted by Gasteiger charge is -2.28. The van der Waals surface area contributed by atoms with Crippen molar-refractivity contribution in [3.63, 3.8) is 0 Å². The molecule has 1 atom stereocenters. The van der Waals surface area contributed by atoms with Crippen LogP contribution < -0.4 is 9.47 Å². The number of Topliss-reactive ketones (excluding diaryl/α,β-unsaturated/α-hetero) is 1. The lowest BCUT2D eigenvalue weighted by molar-refractivity contribution is -0.140. The monoisotopic (exact) mass is 536 g/mol. The predicted octanol–water partition coefficient (Wildman–Crippen LogP) is 5.07. The van der Waals surface area contributed by atoms with Crippen molar-refractivity contribution in [3.8, 4) is 11.5 Å². The van der Waals surface area contributed by atoms with Crippen molar-refractivity contribution in [3.05, 3.63) is 64.7 Å². The van der Waals surface area contributed by atoms with Crippen LogP contribution in [0.3, 0.4) is 0 Å². The Morgan fingerprint density at radius 1 is 1.03 bits per heavy atom. The number of esters is 1. The topological polar surface area (TPSA) is 96.4 Å². The number of likely N-dealkylation sites (N-methyl/N-ethyl adjacent to an activating group) is 1. The third-order valence-corrected chi connectivity index (χ3v) is 6.91. The van der Waals surface area contributed by atoms with Gasteiger partial charge in [0.15, 0.2) is 0 Å². The second-order valence-electron chi connectivity index (χ2n) is 10.6. The van der Waals surface area contributed by atoms with Crippen LogP contribution >= 0.6 is 0 Å². The summed E-state index contributed by atoms with van der Waals surface area (Å²) in [5.41, 5.74) is 1.69. The molecule has 1 N–H and O–H groups in total. The van der Waals surface area contributed by atoms with Gasteiger partial charge in [-0.05, 0) is 61.3 Å². The summed E-state index contributed by atoms with van der Waals surface area (Å²) >= 11 is 0. The summed E-state index contributed by atoms with van der Waals surface area (Å²) in [7, 11) is 0. The van der Waals surface area contributed by atoms with Crippen molar-refractivity contribution < 1.29 is 29.0 Å². The fourth-order valence-electron chi connectivity index (χ4n) is 4.83. The first-order chi connectivity index (χ1) is 18.4. The number of hydrogen-bond acceptors (Lipinski definition) is 7. The van der Waals surface area contributed by atoms with Gasteiger partial charge in [0.05, 0.1) is 18.2 Å². The zero-order valence-corrected chi connectivity index (χ0v) is 24.0. The van der Waals surface area contributed by atoms with Crippen LogP contribution in [0.5, 0.6) is 11.5 Å². The number of aliphatic hydroxyl groups is 1. The zero-order valence-electron chi connectivity index (χ0n) is 24.0. The Morgan fingerprint density at radius 2 is 1.67 bits per heavy atom. The molecule has 1 aliphatic heterocycles. The number of amides is 1. The van der Waals surface area contributed by atoms with E-state index in [0.717, 1.165) is 18.7 Å². The molecule has 1 amide bonds. The van der Waals surface area contributed by atoms with E-state index in [0.29, 0.717) is 42.3 Å². The number of benzene rings is 2. The summed E-state index contributed by atoms with van der Waals surface area (Å²) < 4.78 is 11.0. The molecule has 0 saturated carbocycles. The van der Waals surface area contributed by atoms with E-state index in [-0.39, 0.29) is 16.7 Å². The highest BCUT2D eigenvalue weighted by Crippen LogP contribution is 2.41. The molecule has 2 aromatic rings. The van der Waals surface area contributed by atoms with Crippen molar-refractivity contribution in [1.82, 2.24) is 9.80 Å². The number of nitrogens with zero attached hydrogens (tertiary/aromatic N) is 2. The fraction of sp³-hybridized carbons (Fsp3) is 0.452. The van der Waals surface area contributed by atoms with E-state index in [1.807, 2.05) is 47.6 Å². The molecular formula is C31H40N2O6. The minimum Gasteiger partial charge on any atom is -0.507 e. The normalized spacial score (nSPS) is 17.1. The highest BCUT2D eigenvalue weighted by molar-refractivity contribution is 6.46. The molecule has 8 nitrogen and oxygen atoms in total. The van der Waals surface area contributed by atoms with Crippen LogP contribution in [0, 0.1) is 0 Å². The maximum absolute atomic E-state index is 13.4. The maximum atomic E-state index is 13.4. The van der Waals surface area contributed by atoms with E-state index in [1.54, 1.807) is 36.4 Å². The van der Waals surface area contributed by atoms with Gasteiger partial charge in [-0.2, -0.15) is 0 Å². The summed E-state index contributed by atoms with van der Waals surface area (Å²) in [4.78, 5) is 41.8. The number of rotatable bonds is 10. The second-order valence-corrected chi connectivity index (χ2v) is 10.6. The van der Waals surface area contributed by atoms with Crippen molar-refractivity contribution in [2.45, 2.75) is 59.9 Å². The van der Waals surface area contributed by atoms with E-state index in [4.69, 9.17) is 9.47 Å². The number of ether oxygens (including phenoxy) is 2. The van der Waals surface area contributed by atoms with Gasteiger partial charge in [0, 0.05) is 31.1 Å². The molecule has 1 unspecified atom stereocenters. The molecule has 210 valence electrons. The summed E-state index contributed by atoms with van der Waals surface area (Å²) in [5, 5.41) is 11.6. The third-order valence-electron chi connectivity index (χ3n) is 6.91. The molecule has 2 aromatic carbocycles. The Balaban J connectivity index is 2.16. The summed E-state index contributed by atoms with van der Waals surface area (Å²) in [6.07, 6.45) is 0. The van der Waals surface area contributed by atoms with E-state index in [9.17, 15) is 19.5 Å².